The predicted octanol–water partition coefficient (Wildman–Crippen LogP) is 11.6. The molecule has 3 N–H and O–H groups in total. The fourth-order valence-electron chi connectivity index (χ4n) is 12.3. The number of aliphatic hydroxyl groups is 1. The quantitative estimate of drug-likeness (QED) is 0.0301. The number of fused-ring (bicyclic) bond motifs is 5. The number of thioether (sulfide) groups is 1. The van der Waals surface area contributed by atoms with E-state index in [0.717, 1.165) is 58.3 Å². The van der Waals surface area contributed by atoms with Crippen molar-refractivity contribution in [2.75, 3.05) is 57.0 Å². The van der Waals surface area contributed by atoms with Crippen LogP contribution in [0.5, 0.6) is 5.75 Å². The minimum Gasteiger partial charge on any atom is -0.508 e. The maximum Gasteiger partial charge on any atom is 0.508 e. The molecular formula is C57H77F2NO13S3. The van der Waals surface area contributed by atoms with Gasteiger partial charge in [-0.15, -0.1) is 0 Å². The summed E-state index contributed by atoms with van der Waals surface area (Å²) < 4.78 is 64.5. The van der Waals surface area contributed by atoms with Gasteiger partial charge in [0.15, 0.2) is 11.4 Å². The zero-order valence-electron chi connectivity index (χ0n) is 44.5. The summed E-state index contributed by atoms with van der Waals surface area (Å²) in [6.45, 7) is 11.2. The van der Waals surface area contributed by atoms with Crippen molar-refractivity contribution in [1.82, 2.24) is 5.32 Å². The van der Waals surface area contributed by atoms with Crippen LogP contribution in [0.3, 0.4) is 0 Å². The van der Waals surface area contributed by atoms with Crippen molar-refractivity contribution in [3.63, 3.8) is 0 Å². The Morgan fingerprint density at radius 1 is 0.868 bits per heavy atom. The molecule has 10 atom stereocenters. The smallest absolute Gasteiger partial charge is 0.508 e. The van der Waals surface area contributed by atoms with Crippen molar-refractivity contribution in [3.05, 3.63) is 89.0 Å². The Morgan fingerprint density at radius 3 is 2.26 bits per heavy atom. The van der Waals surface area contributed by atoms with E-state index in [1.54, 1.807) is 39.0 Å². The molecule has 0 bridgehead atoms. The molecule has 76 heavy (non-hydrogen) atoms. The number of esters is 1. The highest BCUT2D eigenvalue weighted by molar-refractivity contribution is 8.76. The largest absolute Gasteiger partial charge is 0.508 e. The molecule has 420 valence electrons. The fourth-order valence-corrected chi connectivity index (χ4v) is 14.7. The van der Waals surface area contributed by atoms with Crippen molar-refractivity contribution in [3.8, 4) is 5.75 Å². The van der Waals surface area contributed by atoms with Gasteiger partial charge in [-0.1, -0.05) is 105 Å². The Balaban J connectivity index is 0.893. The summed E-state index contributed by atoms with van der Waals surface area (Å²) in [5.41, 5.74) is -2.55. The second-order valence-electron chi connectivity index (χ2n) is 20.9. The Bertz CT molecular complexity index is 2350. The topological polar surface area (TPSA) is 193 Å². The van der Waals surface area contributed by atoms with Crippen LogP contribution in [-0.2, 0) is 55.8 Å². The zero-order chi connectivity index (χ0) is 54.9. The molecule has 14 nitrogen and oxygen atoms in total. The third kappa shape index (κ3) is 14.4. The van der Waals surface area contributed by atoms with Crippen molar-refractivity contribution < 1.29 is 71.4 Å². The molecule has 0 amide bonds. The molecule has 4 aliphatic carbocycles. The predicted molar refractivity (Wildman–Crippen MR) is 291 cm³/mol. The van der Waals surface area contributed by atoms with E-state index in [4.69, 9.17) is 28.4 Å². The summed E-state index contributed by atoms with van der Waals surface area (Å²) in [7, 11) is 2.72. The number of aliphatic hydroxyl groups excluding tert-OH is 1. The number of phenols is 1. The highest BCUT2D eigenvalue weighted by Gasteiger charge is 2.77. The molecule has 6 rings (SSSR count). The highest BCUT2D eigenvalue weighted by Crippen LogP contribution is 2.74. The average molecular weight is 1120 g/mol. The van der Waals surface area contributed by atoms with Crippen LogP contribution in [0.2, 0.25) is 0 Å². The Kier molecular flexibility index (Phi) is 23.0. The van der Waals surface area contributed by atoms with E-state index in [1.807, 2.05) is 19.9 Å². The van der Waals surface area contributed by atoms with Crippen LogP contribution in [0, 0.1) is 34.0 Å². The lowest BCUT2D eigenvalue weighted by atomic mass is 9.39. The molecule has 3 saturated carbocycles. The summed E-state index contributed by atoms with van der Waals surface area (Å²) in [4.78, 5) is 65.9. The Hall–Kier alpha value is -4.14. The summed E-state index contributed by atoms with van der Waals surface area (Å²) in [6.07, 6.45) is 6.84. The Morgan fingerprint density at radius 2 is 1.57 bits per heavy atom. The van der Waals surface area contributed by atoms with Crippen molar-refractivity contribution in [2.45, 2.75) is 136 Å². The van der Waals surface area contributed by atoms with Gasteiger partial charge in [-0.2, -0.15) is 0 Å². The van der Waals surface area contributed by atoms with Gasteiger partial charge in [0.05, 0.1) is 6.10 Å². The summed E-state index contributed by atoms with van der Waals surface area (Å²) in [5.74, 6) is -1.88. The van der Waals surface area contributed by atoms with Crippen LogP contribution in [-0.4, -0.2) is 114 Å². The molecule has 0 heterocycles. The van der Waals surface area contributed by atoms with Gasteiger partial charge in [-0.25, -0.2) is 18.4 Å². The van der Waals surface area contributed by atoms with Gasteiger partial charge in [0, 0.05) is 65.4 Å². The van der Waals surface area contributed by atoms with E-state index in [2.05, 4.69) is 29.6 Å². The number of hydrogen-bond acceptors (Lipinski definition) is 17. The first kappa shape index (κ1) is 61.1. The van der Waals surface area contributed by atoms with Crippen LogP contribution in [0.15, 0.2) is 72.3 Å². The zero-order valence-corrected chi connectivity index (χ0v) is 47.0. The standard InChI is InChI=1S/C57H77F2NO13S3/c1-6-50(64)73-57(51(65)74-37-58)38(2)30-43-44-33-46(59)45-32-42(61)21-22-54(45,3)56(44,5)49(34-55(43,57)4)72-53(67)70-27-29-76-75-28-26-69-52(66)71-36-41-31-40(19-20-47(41)62)48(63)35-60-23-13-9-15-25-68-24-14-8-12-18-39-16-10-7-11-17-39/h7,10-11,16-17,19-22,31-32,38,43-44,46,48-49,60,62-63H,6,8-9,12-15,18,23-30,33-37H2,1-5H3/t38-,43+,44+,46+,48?,49+,54+,55+,56-,57+/m1/s1. The number of rotatable bonds is 29. The van der Waals surface area contributed by atoms with Crippen LogP contribution in [0.1, 0.15) is 122 Å². The number of alkyl halides is 2. The third-order valence-corrected chi connectivity index (χ3v) is 19.5. The number of ketones is 1. The van der Waals surface area contributed by atoms with E-state index < -0.39 is 87.4 Å². The maximum absolute atomic E-state index is 16.5. The van der Waals surface area contributed by atoms with Crippen molar-refractivity contribution >= 4 is 62.5 Å². The van der Waals surface area contributed by atoms with Crippen LogP contribution >= 0.6 is 33.3 Å². The average Bonchev–Trinajstić information content (AvgIpc) is 3.86. The normalized spacial score (nSPS) is 27.8. The molecule has 19 heteroatoms. The van der Waals surface area contributed by atoms with Crippen LogP contribution in [0.25, 0.3) is 0 Å². The molecule has 1 unspecified atom stereocenters. The van der Waals surface area contributed by atoms with E-state index >= 15 is 4.39 Å². The molecule has 0 radical (unpaired) electrons. The second-order valence-corrected chi connectivity index (χ2v) is 24.5. The van der Waals surface area contributed by atoms with Crippen molar-refractivity contribution in [1.29, 1.82) is 0 Å². The summed E-state index contributed by atoms with van der Waals surface area (Å²) in [6, 6.07) is 14.1. The number of benzene rings is 2. The molecule has 3 fully saturated rings. The molecule has 2 aromatic carbocycles. The lowest BCUT2D eigenvalue weighted by Gasteiger charge is -2.66. The van der Waals surface area contributed by atoms with Crippen LogP contribution in [0.4, 0.5) is 18.4 Å². The van der Waals surface area contributed by atoms with Gasteiger partial charge in [0.1, 0.15) is 43.9 Å². The number of carbonyl (C=O) groups is 5. The van der Waals surface area contributed by atoms with Gasteiger partial charge in [0.2, 0.25) is 5.12 Å². The lowest BCUT2D eigenvalue weighted by Crippen LogP contribution is -2.68. The first-order valence-electron chi connectivity index (χ1n) is 26.7. The second kappa shape index (κ2) is 28.7. The number of nitrogens with one attached hydrogen (secondary N) is 1. The highest BCUT2D eigenvalue weighted by atomic mass is 33.1. The van der Waals surface area contributed by atoms with Crippen molar-refractivity contribution in [2.24, 2.45) is 34.0 Å². The number of unbranched alkanes of at least 4 members (excludes halogenated alkanes) is 4. The molecule has 0 saturated heterocycles. The molecule has 0 aliphatic heterocycles. The molecule has 2 aromatic rings. The molecular weight excluding hydrogens is 1040 g/mol. The number of allylic oxidation sites excluding steroid dienone is 4. The summed E-state index contributed by atoms with van der Waals surface area (Å²) >= 11 is 0.428. The van der Waals surface area contributed by atoms with Gasteiger partial charge >= 0.3 is 18.3 Å². The minimum atomic E-state index is -1.79. The van der Waals surface area contributed by atoms with Gasteiger partial charge in [-0.3, -0.25) is 14.4 Å². The number of halogens is 2. The monoisotopic (exact) mass is 1120 g/mol. The lowest BCUT2D eigenvalue weighted by molar-refractivity contribution is -0.222. The maximum atomic E-state index is 16.5. The number of phenolic OH excluding ortho intramolecular Hbond substituents is 1. The first-order chi connectivity index (χ1) is 36.4. The minimum absolute atomic E-state index is 0.00852. The number of hydrogen-bond donors (Lipinski definition) is 3. The fraction of sp³-hybridized carbons (Fsp3) is 0.632. The van der Waals surface area contributed by atoms with E-state index in [1.165, 1.54) is 51.8 Å². The first-order valence-corrected chi connectivity index (χ1v) is 30.2. The number of carbonyl (C=O) groups excluding carboxylic acids is 5. The van der Waals surface area contributed by atoms with Gasteiger partial charge < -0.3 is 44.0 Å². The van der Waals surface area contributed by atoms with E-state index in [0.29, 0.717) is 47.4 Å². The molecule has 4 aliphatic rings. The van der Waals surface area contributed by atoms with E-state index in [-0.39, 0.29) is 56.2 Å². The van der Waals surface area contributed by atoms with Gasteiger partial charge in [-0.05, 0) is 129 Å². The number of aryl methyl sites for hydroxylation is 1. The number of ether oxygens (including phenoxy) is 6. The SMILES string of the molecule is CCC(=O)O[C@]1(C(=O)SCF)[C@H](C)C[C@H]2[C@@H]3C[C@H](F)C4=CC(=O)C=C[C@]4(C)[C@@]3(C)[C@@H](OC(=O)OCCSSCCOC(=O)OCc3cc(C(O)CNCCCCCOCCCCCc4ccccc4)ccc3O)C[C@@]21C. The molecule has 0 spiro atoms. The Labute approximate surface area is 458 Å². The van der Waals surface area contributed by atoms with Crippen LogP contribution < -0.4 is 5.32 Å². The van der Waals surface area contributed by atoms with E-state index in [9.17, 15) is 38.6 Å². The summed E-state index contributed by atoms with van der Waals surface area (Å²) in [5, 5.41) is 23.8. The molecule has 0 aromatic heterocycles. The van der Waals surface area contributed by atoms with Gasteiger partial charge in [0.25, 0.3) is 0 Å². The third-order valence-electron chi connectivity index (χ3n) is 16.5. The number of aromatic hydroxyl groups is 1.